The van der Waals surface area contributed by atoms with Crippen LogP contribution in [-0.2, 0) is 33.3 Å². The number of carbonyl (C=O) groups is 3. The van der Waals surface area contributed by atoms with E-state index in [0.29, 0.717) is 31.3 Å². The smallest absolute Gasteiger partial charge is 0.306 e. The summed E-state index contributed by atoms with van der Waals surface area (Å²) in [6.45, 7) is 17.1. The number of aliphatic hydroxyl groups excluding tert-OH is 1. The Morgan fingerprint density at radius 1 is 1.02 bits per heavy atom. The molecule has 8 nitrogen and oxygen atoms in total. The maximum Gasteiger partial charge on any atom is 0.306 e. The van der Waals surface area contributed by atoms with E-state index in [2.05, 4.69) is 33.9 Å². The molecular weight excluding hydrogens is 536 g/mol. The number of unbranched alkanes of at least 4 members (excludes halogenated alkanes) is 6. The highest BCUT2D eigenvalue weighted by Gasteiger charge is 2.72. The predicted octanol–water partition coefficient (Wildman–Crippen LogP) is 6.71. The fourth-order valence-corrected chi connectivity index (χ4v) is 7.50. The lowest BCUT2D eigenvalue weighted by atomic mass is 9.45. The van der Waals surface area contributed by atoms with Crippen molar-refractivity contribution in [2.75, 3.05) is 0 Å². The zero-order valence-corrected chi connectivity index (χ0v) is 26.3. The molecule has 7 unspecified atom stereocenters. The van der Waals surface area contributed by atoms with Gasteiger partial charge in [0.25, 0.3) is 0 Å². The van der Waals surface area contributed by atoms with Crippen LogP contribution in [0.4, 0.5) is 0 Å². The van der Waals surface area contributed by atoms with E-state index in [4.69, 9.17) is 18.9 Å². The first-order valence-electron chi connectivity index (χ1n) is 15.8. The molecule has 8 heteroatoms. The highest BCUT2D eigenvalue weighted by atomic mass is 16.8. The summed E-state index contributed by atoms with van der Waals surface area (Å²) in [5, 5.41) is 11.1. The minimum Gasteiger partial charge on any atom is -0.461 e. The molecule has 0 aromatic heterocycles. The van der Waals surface area contributed by atoms with Crippen LogP contribution in [0, 0.1) is 22.7 Å². The topological polar surface area (TPSA) is 108 Å². The number of ether oxygens (including phenoxy) is 4. The highest BCUT2D eigenvalue weighted by Crippen LogP contribution is 2.67. The average molecular weight is 589 g/mol. The van der Waals surface area contributed by atoms with Crippen molar-refractivity contribution in [3.05, 3.63) is 36.5 Å². The summed E-state index contributed by atoms with van der Waals surface area (Å²) >= 11 is 0. The SMILES string of the molecule is C=CC(=C)CCC1(C)C(C)CC(OC(=O)CCCCCCCCC)C23C(=C[C@@H](O)CC12)C(OC(C)=O)OC3OC(C)=O. The third-order valence-corrected chi connectivity index (χ3v) is 9.92. The fraction of sp³-hybridized carbons (Fsp3) is 0.735. The highest BCUT2D eigenvalue weighted by molar-refractivity contribution is 5.70. The van der Waals surface area contributed by atoms with Crippen molar-refractivity contribution in [1.82, 2.24) is 0 Å². The Hall–Kier alpha value is -2.45. The van der Waals surface area contributed by atoms with Crippen molar-refractivity contribution in [2.45, 2.75) is 136 Å². The molecule has 0 aromatic carbocycles. The molecule has 3 rings (SSSR count). The Morgan fingerprint density at radius 3 is 2.29 bits per heavy atom. The molecule has 0 radical (unpaired) electrons. The fourth-order valence-electron chi connectivity index (χ4n) is 7.50. The summed E-state index contributed by atoms with van der Waals surface area (Å²) in [5.41, 5.74) is -0.106. The van der Waals surface area contributed by atoms with E-state index in [0.717, 1.165) is 31.3 Å². The van der Waals surface area contributed by atoms with Gasteiger partial charge in [-0.15, -0.1) is 0 Å². The Kier molecular flexibility index (Phi) is 12.0. The van der Waals surface area contributed by atoms with Crippen LogP contribution in [0.3, 0.4) is 0 Å². The van der Waals surface area contributed by atoms with Gasteiger partial charge in [0, 0.05) is 25.8 Å². The second-order valence-corrected chi connectivity index (χ2v) is 12.8. The second kappa shape index (κ2) is 14.8. The molecule has 0 amide bonds. The number of hydrogen-bond acceptors (Lipinski definition) is 8. The number of aliphatic hydroxyl groups is 1. The van der Waals surface area contributed by atoms with Crippen LogP contribution in [0.1, 0.15) is 112 Å². The minimum absolute atomic E-state index is 0.0828. The monoisotopic (exact) mass is 588 g/mol. The van der Waals surface area contributed by atoms with E-state index in [-0.39, 0.29) is 23.2 Å². The molecule has 1 heterocycles. The standard InChI is InChI=1S/C34H52O8/c1-8-10-11-12-13-14-15-16-30(38)41-29-19-23(4)33(7,18-17-22(3)9-2)28-21-26(37)20-27-31(39-24(5)35)42-32(34(27,28)29)40-25(6)36/h9,20,23,26,28-29,31-32,37H,2-3,8,10-19,21H2,1,4-7H3/t23?,26-,28?,29?,31?,32?,33?,34?/m1/s1. The van der Waals surface area contributed by atoms with Crippen LogP contribution >= 0.6 is 0 Å². The van der Waals surface area contributed by atoms with Crippen molar-refractivity contribution >= 4 is 17.9 Å². The Bertz CT molecular complexity index is 1030. The molecule has 236 valence electrons. The molecule has 0 aromatic rings. The summed E-state index contributed by atoms with van der Waals surface area (Å²) < 4.78 is 23.9. The lowest BCUT2D eigenvalue weighted by molar-refractivity contribution is -0.257. The lowest BCUT2D eigenvalue weighted by Crippen LogP contribution is -2.63. The summed E-state index contributed by atoms with van der Waals surface area (Å²) in [7, 11) is 0. The van der Waals surface area contributed by atoms with E-state index in [1.54, 1.807) is 12.2 Å². The Morgan fingerprint density at radius 2 is 1.67 bits per heavy atom. The molecule has 1 saturated carbocycles. The zero-order chi connectivity index (χ0) is 31.1. The van der Waals surface area contributed by atoms with Gasteiger partial charge in [0.2, 0.25) is 12.6 Å². The van der Waals surface area contributed by atoms with Gasteiger partial charge < -0.3 is 19.3 Å². The van der Waals surface area contributed by atoms with E-state index in [1.165, 1.54) is 39.5 Å². The van der Waals surface area contributed by atoms with Gasteiger partial charge in [0.05, 0.1) is 6.10 Å². The van der Waals surface area contributed by atoms with Gasteiger partial charge in [-0.1, -0.05) is 84.1 Å². The largest absolute Gasteiger partial charge is 0.461 e. The molecule has 2 fully saturated rings. The van der Waals surface area contributed by atoms with Gasteiger partial charge in [-0.05, 0) is 55.4 Å². The molecule has 1 N–H and O–H groups in total. The van der Waals surface area contributed by atoms with E-state index in [9.17, 15) is 19.5 Å². The van der Waals surface area contributed by atoms with E-state index >= 15 is 0 Å². The number of esters is 3. The third kappa shape index (κ3) is 7.36. The zero-order valence-electron chi connectivity index (χ0n) is 26.3. The van der Waals surface area contributed by atoms with Crippen LogP contribution < -0.4 is 0 Å². The normalized spacial score (nSPS) is 33.5. The first-order valence-corrected chi connectivity index (χ1v) is 15.8. The molecule has 1 spiro atoms. The number of hydrogen-bond donors (Lipinski definition) is 1. The quantitative estimate of drug-likeness (QED) is 0.0739. The Balaban J connectivity index is 2.00. The summed E-state index contributed by atoms with van der Waals surface area (Å²) in [4.78, 5) is 37.9. The molecule has 0 bridgehead atoms. The summed E-state index contributed by atoms with van der Waals surface area (Å²) in [6.07, 6.45) is 9.69. The average Bonchev–Trinajstić information content (AvgIpc) is 3.21. The molecule has 42 heavy (non-hydrogen) atoms. The van der Waals surface area contributed by atoms with Crippen molar-refractivity contribution in [3.8, 4) is 0 Å². The molecule has 1 saturated heterocycles. The van der Waals surface area contributed by atoms with Gasteiger partial charge in [-0.3, -0.25) is 19.1 Å². The van der Waals surface area contributed by atoms with Gasteiger partial charge in [-0.25, -0.2) is 0 Å². The first kappa shape index (κ1) is 34.0. The van der Waals surface area contributed by atoms with Crippen molar-refractivity contribution in [2.24, 2.45) is 22.7 Å². The Labute approximate surface area is 251 Å². The summed E-state index contributed by atoms with van der Waals surface area (Å²) in [5.74, 6) is -1.67. The van der Waals surface area contributed by atoms with Gasteiger partial charge in [0.15, 0.2) is 0 Å². The first-order chi connectivity index (χ1) is 19.9. The van der Waals surface area contributed by atoms with Gasteiger partial charge in [-0.2, -0.15) is 0 Å². The third-order valence-electron chi connectivity index (χ3n) is 9.92. The van der Waals surface area contributed by atoms with Crippen molar-refractivity contribution in [1.29, 1.82) is 0 Å². The van der Waals surface area contributed by atoms with Crippen molar-refractivity contribution < 1.29 is 38.4 Å². The molecule has 1 aliphatic heterocycles. The molecule has 8 atom stereocenters. The van der Waals surface area contributed by atoms with Crippen LogP contribution in [-0.4, -0.2) is 47.8 Å². The van der Waals surface area contributed by atoms with Gasteiger partial charge >= 0.3 is 17.9 Å². The molecule has 3 aliphatic rings. The van der Waals surface area contributed by atoms with Crippen LogP contribution in [0.15, 0.2) is 36.5 Å². The van der Waals surface area contributed by atoms with Crippen LogP contribution in [0.5, 0.6) is 0 Å². The summed E-state index contributed by atoms with van der Waals surface area (Å²) in [6, 6.07) is 0. The van der Waals surface area contributed by atoms with Gasteiger partial charge in [0.1, 0.15) is 11.5 Å². The maximum absolute atomic E-state index is 13.3. The van der Waals surface area contributed by atoms with Crippen LogP contribution in [0.2, 0.25) is 0 Å². The van der Waals surface area contributed by atoms with E-state index < -0.39 is 42.1 Å². The van der Waals surface area contributed by atoms with Crippen LogP contribution in [0.25, 0.3) is 0 Å². The molecule has 2 aliphatic carbocycles. The molecular formula is C34H52O8. The van der Waals surface area contributed by atoms with E-state index in [1.807, 2.05) is 0 Å². The minimum atomic E-state index is -1.17. The number of allylic oxidation sites excluding steroid dienone is 2. The number of rotatable bonds is 15. The second-order valence-electron chi connectivity index (χ2n) is 12.8. The maximum atomic E-state index is 13.3. The predicted molar refractivity (Wildman–Crippen MR) is 160 cm³/mol. The lowest BCUT2D eigenvalue weighted by Gasteiger charge is -2.60. The number of carbonyl (C=O) groups excluding carboxylic acids is 3. The van der Waals surface area contributed by atoms with Crippen molar-refractivity contribution in [3.63, 3.8) is 0 Å².